The van der Waals surface area contributed by atoms with Crippen LogP contribution in [-0.4, -0.2) is 61.6 Å². The van der Waals surface area contributed by atoms with Gasteiger partial charge in [0, 0.05) is 49.4 Å². The first-order valence-electron chi connectivity index (χ1n) is 11.5. The van der Waals surface area contributed by atoms with Crippen LogP contribution in [0, 0.1) is 18.7 Å². The van der Waals surface area contributed by atoms with Gasteiger partial charge in [0.25, 0.3) is 0 Å². The van der Waals surface area contributed by atoms with Gasteiger partial charge in [-0.05, 0) is 32.6 Å². The number of fused-ring (bicyclic) bond motifs is 1. The van der Waals surface area contributed by atoms with Gasteiger partial charge in [-0.3, -0.25) is 14.2 Å². The van der Waals surface area contributed by atoms with Crippen molar-refractivity contribution < 1.29 is 23.8 Å². The molecule has 1 unspecified atom stereocenters. The summed E-state index contributed by atoms with van der Waals surface area (Å²) in [7, 11) is 0. The van der Waals surface area contributed by atoms with E-state index in [1.807, 2.05) is 0 Å². The minimum Gasteiger partial charge on any atom is -0.477 e. The molecule has 2 aliphatic heterocycles. The molecule has 2 saturated heterocycles. The minimum atomic E-state index is -1.43. The number of anilines is 1. The zero-order valence-electron chi connectivity index (χ0n) is 19.1. The largest absolute Gasteiger partial charge is 0.477 e. The molecule has 5 rings (SSSR count). The van der Waals surface area contributed by atoms with Crippen molar-refractivity contribution in [2.45, 2.75) is 45.1 Å². The highest BCUT2D eigenvalue weighted by molar-refractivity contribution is 7.08. The van der Waals surface area contributed by atoms with Crippen LogP contribution in [0.25, 0.3) is 16.2 Å². The fourth-order valence-electron chi connectivity index (χ4n) is 4.66. The van der Waals surface area contributed by atoms with Gasteiger partial charge in [0.15, 0.2) is 17.3 Å². The van der Waals surface area contributed by atoms with Gasteiger partial charge in [0.1, 0.15) is 17.7 Å². The maximum atomic E-state index is 15.4. The lowest BCUT2D eigenvalue weighted by Gasteiger charge is -2.39. The normalized spacial score (nSPS) is 18.6. The van der Waals surface area contributed by atoms with E-state index >= 15 is 4.39 Å². The average Bonchev–Trinajstić information content (AvgIpc) is 3.35. The number of carboxylic acid groups (broad SMARTS) is 1. The number of carbonyl (C=O) groups excluding carboxylic acids is 1. The third kappa shape index (κ3) is 4.31. The fraction of sp³-hybridized carbons (Fsp3) is 0.478. The smallest absolute Gasteiger partial charge is 0.341 e. The Bertz CT molecular complexity index is 1350. The second kappa shape index (κ2) is 9.42. The second-order valence-electron chi connectivity index (χ2n) is 8.94. The third-order valence-corrected chi connectivity index (χ3v) is 7.37. The molecule has 5 heterocycles. The summed E-state index contributed by atoms with van der Waals surface area (Å²) in [6.07, 6.45) is 6.88. The number of aromatic nitrogens is 4. The molecule has 1 N–H and O–H groups in total. The Morgan fingerprint density at radius 3 is 2.77 bits per heavy atom. The van der Waals surface area contributed by atoms with Crippen molar-refractivity contribution in [2.24, 2.45) is 5.92 Å². The minimum absolute atomic E-state index is 0.000545. The molecule has 0 bridgehead atoms. The number of hydrogen-bond acceptors (Lipinski definition) is 9. The molecule has 0 saturated carbocycles. The van der Waals surface area contributed by atoms with Crippen LogP contribution in [-0.2, 0) is 9.53 Å². The molecule has 0 spiro atoms. The number of aromatic carboxylic acids is 1. The Balaban J connectivity index is 1.43. The van der Waals surface area contributed by atoms with Crippen LogP contribution in [0.5, 0.6) is 0 Å². The summed E-state index contributed by atoms with van der Waals surface area (Å²) in [6, 6.07) is 0. The van der Waals surface area contributed by atoms with Gasteiger partial charge in [-0.15, -0.1) is 0 Å². The summed E-state index contributed by atoms with van der Waals surface area (Å²) in [5.74, 6) is -2.19. The van der Waals surface area contributed by atoms with Crippen LogP contribution in [0.15, 0.2) is 17.3 Å². The van der Waals surface area contributed by atoms with E-state index in [9.17, 15) is 19.5 Å². The quantitative estimate of drug-likeness (QED) is 0.520. The van der Waals surface area contributed by atoms with E-state index in [4.69, 9.17) is 4.74 Å². The van der Waals surface area contributed by atoms with Crippen molar-refractivity contribution in [1.29, 1.82) is 0 Å². The van der Waals surface area contributed by atoms with E-state index in [-0.39, 0.29) is 40.2 Å². The highest BCUT2D eigenvalue weighted by Gasteiger charge is 2.36. The van der Waals surface area contributed by atoms with Gasteiger partial charge in [-0.25, -0.2) is 19.2 Å². The number of rotatable bonds is 7. The molecule has 2 aliphatic rings. The van der Waals surface area contributed by atoms with Crippen molar-refractivity contribution >= 4 is 40.1 Å². The molecule has 1 atom stereocenters. The Hall–Kier alpha value is -3.25. The maximum absolute atomic E-state index is 15.4. The van der Waals surface area contributed by atoms with E-state index in [0.717, 1.165) is 43.6 Å². The van der Waals surface area contributed by atoms with Gasteiger partial charge in [0.2, 0.25) is 10.6 Å². The van der Waals surface area contributed by atoms with Crippen LogP contribution in [0.3, 0.4) is 0 Å². The average molecular weight is 502 g/mol. The van der Waals surface area contributed by atoms with Gasteiger partial charge in [0.05, 0.1) is 17.4 Å². The molecule has 184 valence electrons. The zero-order chi connectivity index (χ0) is 24.7. The van der Waals surface area contributed by atoms with Crippen molar-refractivity contribution in [2.75, 3.05) is 24.6 Å². The summed E-state index contributed by atoms with van der Waals surface area (Å²) >= 11 is 0.987. The highest BCUT2D eigenvalue weighted by Crippen LogP contribution is 2.32. The van der Waals surface area contributed by atoms with Gasteiger partial charge >= 0.3 is 5.97 Å². The summed E-state index contributed by atoms with van der Waals surface area (Å²) in [5.41, 5.74) is -1.23. The van der Waals surface area contributed by atoms with E-state index in [2.05, 4.69) is 14.3 Å². The Labute approximate surface area is 203 Å². The predicted octanol–water partition coefficient (Wildman–Crippen LogP) is 2.74. The van der Waals surface area contributed by atoms with Crippen LogP contribution < -0.4 is 10.3 Å². The first-order valence-corrected chi connectivity index (χ1v) is 12.3. The first kappa shape index (κ1) is 23.5. The predicted molar refractivity (Wildman–Crippen MR) is 126 cm³/mol. The van der Waals surface area contributed by atoms with Crippen molar-refractivity contribution in [3.05, 3.63) is 39.7 Å². The van der Waals surface area contributed by atoms with Crippen molar-refractivity contribution in [1.82, 2.24) is 18.9 Å². The first-order chi connectivity index (χ1) is 16.8. The molecule has 0 amide bonds. The number of hydrogen-bond donors (Lipinski definition) is 1. The molecular weight excluding hydrogens is 477 g/mol. The molecule has 10 nitrogen and oxygen atoms in total. The Morgan fingerprint density at radius 2 is 2.11 bits per heavy atom. The molecule has 0 aliphatic carbocycles. The highest BCUT2D eigenvalue weighted by atomic mass is 32.1. The van der Waals surface area contributed by atoms with Crippen molar-refractivity contribution in [3.8, 4) is 5.13 Å². The van der Waals surface area contributed by atoms with E-state index in [1.54, 1.807) is 4.90 Å². The van der Waals surface area contributed by atoms with E-state index < -0.39 is 22.8 Å². The molecule has 2 fully saturated rings. The van der Waals surface area contributed by atoms with Crippen LogP contribution in [0.1, 0.15) is 48.0 Å². The van der Waals surface area contributed by atoms with Crippen LogP contribution >= 0.6 is 11.5 Å². The van der Waals surface area contributed by atoms with E-state index in [0.29, 0.717) is 31.1 Å². The Kier molecular flexibility index (Phi) is 6.32. The molecule has 3 aromatic heterocycles. The van der Waals surface area contributed by atoms with E-state index in [1.165, 1.54) is 17.8 Å². The van der Waals surface area contributed by atoms with Gasteiger partial charge in [-0.1, -0.05) is 0 Å². The molecule has 12 heteroatoms. The number of Topliss-reactive ketones (excluding diaryl/α,β-unsaturated/α-hetero) is 1. The molecule has 3 aromatic rings. The fourth-order valence-corrected chi connectivity index (χ4v) is 5.17. The number of ether oxygens (including phenoxy) is 1. The number of carboxylic acids is 1. The molecule has 0 radical (unpaired) electrons. The lowest BCUT2D eigenvalue weighted by molar-refractivity contribution is -0.124. The molecule has 0 aromatic carbocycles. The number of carbonyl (C=O) groups is 2. The number of pyridine rings is 2. The maximum Gasteiger partial charge on any atom is 0.341 e. The van der Waals surface area contributed by atoms with Gasteiger partial charge in [-0.2, -0.15) is 4.37 Å². The molecular formula is C23H24FN5O5S. The summed E-state index contributed by atoms with van der Waals surface area (Å²) < 4.78 is 26.4. The summed E-state index contributed by atoms with van der Waals surface area (Å²) in [5, 5.41) is 9.67. The summed E-state index contributed by atoms with van der Waals surface area (Å²) in [6.45, 7) is 2.83. The number of nitrogens with zero attached hydrogens (tertiary/aromatic N) is 5. The molecule has 35 heavy (non-hydrogen) atoms. The monoisotopic (exact) mass is 501 g/mol. The van der Waals surface area contributed by atoms with Crippen LogP contribution in [0.2, 0.25) is 0 Å². The summed E-state index contributed by atoms with van der Waals surface area (Å²) in [4.78, 5) is 47.4. The van der Waals surface area contributed by atoms with Crippen molar-refractivity contribution in [3.63, 3.8) is 0 Å². The SMILES string of the molecule is Cc1c(F)c(N2CC(C(=O)CCC3CCCCO3)C2)nc2c1c(=O)c(C(=O)O)cn2-c1ncns1. The number of aryl methyl sites for hydroxylation is 1. The van der Waals surface area contributed by atoms with Crippen LogP contribution in [0.4, 0.5) is 10.2 Å². The lowest BCUT2D eigenvalue weighted by atomic mass is 9.90. The zero-order valence-corrected chi connectivity index (χ0v) is 19.9. The standard InChI is InChI=1S/C23H24FN5O5S/c1-12-17-19(31)15(22(32)33)10-29(23-25-11-26-35-23)20(17)27-21(18(12)24)28-8-13(9-28)16(30)6-5-14-4-2-3-7-34-14/h10-11,13-14H,2-9H2,1H3,(H,32,33). The third-order valence-electron chi connectivity index (χ3n) is 6.70. The van der Waals surface area contributed by atoms with Gasteiger partial charge < -0.3 is 14.7 Å². The second-order valence-corrected chi connectivity index (χ2v) is 9.70. The number of ketones is 1. The lowest BCUT2D eigenvalue weighted by Crippen LogP contribution is -2.51. The Morgan fingerprint density at radius 1 is 1.31 bits per heavy atom. The topological polar surface area (TPSA) is 128 Å². The number of halogens is 1.